The minimum atomic E-state index is -1.11. The van der Waals surface area contributed by atoms with Crippen LogP contribution in [-0.2, 0) is 19.1 Å². The molecular formula is C32H47NO5. The fourth-order valence-electron chi connectivity index (χ4n) is 13.1. The van der Waals surface area contributed by atoms with Crippen molar-refractivity contribution in [1.82, 2.24) is 0 Å². The number of fused-ring (bicyclic) bond motifs is 3. The molecule has 3 N–H and O–H groups in total. The summed E-state index contributed by atoms with van der Waals surface area (Å²) in [7, 11) is 0. The quantitative estimate of drug-likeness (QED) is 0.437. The highest BCUT2D eigenvalue weighted by Crippen LogP contribution is 2.93. The number of hydrogen-bond donors (Lipinski definition) is 2. The lowest BCUT2D eigenvalue weighted by Crippen LogP contribution is -2.58. The van der Waals surface area contributed by atoms with Gasteiger partial charge in [0.15, 0.2) is 0 Å². The molecule has 7 aliphatic rings. The average molecular weight is 526 g/mol. The van der Waals surface area contributed by atoms with Crippen LogP contribution < -0.4 is 5.73 Å². The summed E-state index contributed by atoms with van der Waals surface area (Å²) < 4.78 is 6.11. The second kappa shape index (κ2) is 7.18. The molecule has 210 valence electrons. The van der Waals surface area contributed by atoms with Gasteiger partial charge in [0.25, 0.3) is 0 Å². The lowest BCUT2D eigenvalue weighted by molar-refractivity contribution is -0.180. The number of carbonyl (C=O) groups excluding carboxylic acids is 2. The van der Waals surface area contributed by atoms with Gasteiger partial charge in [-0.05, 0) is 130 Å². The summed E-state index contributed by atoms with van der Waals surface area (Å²) in [4.78, 5) is 37.2. The van der Waals surface area contributed by atoms with Gasteiger partial charge in [-0.1, -0.05) is 20.3 Å². The second-order valence-corrected chi connectivity index (χ2v) is 16.2. The number of ether oxygens (including phenoxy) is 1. The van der Waals surface area contributed by atoms with Gasteiger partial charge in [0.1, 0.15) is 6.10 Å². The third-order valence-corrected chi connectivity index (χ3v) is 15.1. The molecule has 6 nitrogen and oxygen atoms in total. The molecule has 0 aromatic rings. The van der Waals surface area contributed by atoms with Crippen molar-refractivity contribution in [3.8, 4) is 0 Å². The summed E-state index contributed by atoms with van der Waals surface area (Å²) in [6.45, 7) is 8.15. The molecule has 38 heavy (non-hydrogen) atoms. The van der Waals surface area contributed by atoms with Gasteiger partial charge in [0, 0.05) is 5.41 Å². The van der Waals surface area contributed by atoms with Crippen LogP contribution >= 0.6 is 0 Å². The first-order chi connectivity index (χ1) is 17.7. The average Bonchev–Trinajstić information content (AvgIpc) is 3.61. The minimum Gasteiger partial charge on any atom is -0.481 e. The topological polar surface area (TPSA) is 107 Å². The van der Waals surface area contributed by atoms with Gasteiger partial charge in [-0.2, -0.15) is 0 Å². The number of hydrogen-bond acceptors (Lipinski definition) is 4. The van der Waals surface area contributed by atoms with E-state index in [1.807, 2.05) is 0 Å². The number of esters is 1. The van der Waals surface area contributed by atoms with Crippen LogP contribution in [0.4, 0.5) is 0 Å². The Labute approximate surface area is 227 Å². The van der Waals surface area contributed by atoms with Crippen LogP contribution in [0, 0.1) is 55.7 Å². The third kappa shape index (κ3) is 2.65. The van der Waals surface area contributed by atoms with Crippen LogP contribution in [0.2, 0.25) is 0 Å². The molecule has 0 bridgehead atoms. The van der Waals surface area contributed by atoms with Crippen molar-refractivity contribution in [3.63, 3.8) is 0 Å². The highest BCUT2D eigenvalue weighted by Gasteiger charge is 2.87. The van der Waals surface area contributed by atoms with E-state index >= 15 is 0 Å². The Kier molecular flexibility index (Phi) is 4.80. The molecule has 0 aliphatic heterocycles. The van der Waals surface area contributed by atoms with Crippen molar-refractivity contribution in [2.75, 3.05) is 0 Å². The maximum absolute atomic E-state index is 12.9. The first kappa shape index (κ1) is 25.4. The Bertz CT molecular complexity index is 1130. The summed E-state index contributed by atoms with van der Waals surface area (Å²) >= 11 is 0. The van der Waals surface area contributed by atoms with E-state index in [0.29, 0.717) is 22.7 Å². The van der Waals surface area contributed by atoms with E-state index in [-0.39, 0.29) is 46.1 Å². The number of aliphatic carboxylic acids is 1. The predicted octanol–water partition coefficient (Wildman–Crippen LogP) is 5.86. The van der Waals surface area contributed by atoms with Gasteiger partial charge in [0.2, 0.25) is 5.91 Å². The third-order valence-electron chi connectivity index (χ3n) is 15.1. The molecule has 0 aromatic carbocycles. The van der Waals surface area contributed by atoms with Gasteiger partial charge in [0.05, 0.1) is 17.3 Å². The molecule has 6 unspecified atom stereocenters. The summed E-state index contributed by atoms with van der Waals surface area (Å²) in [5.74, 6) is 0.580. The van der Waals surface area contributed by atoms with Crippen molar-refractivity contribution in [2.24, 2.45) is 61.4 Å². The molecule has 0 heterocycles. The molecule has 1 amide bonds. The van der Waals surface area contributed by atoms with Crippen LogP contribution in [0.1, 0.15) is 118 Å². The molecule has 7 saturated carbocycles. The largest absolute Gasteiger partial charge is 0.481 e. The number of carboxylic acid groups (broad SMARTS) is 1. The van der Waals surface area contributed by atoms with Crippen LogP contribution in [0.25, 0.3) is 0 Å². The molecule has 7 aliphatic carbocycles. The number of carboxylic acids is 1. The standard InChI is InChI=1S/C32H47NO5/c1-26(2,25(36)37)16-23(34)38-22-9-11-27(3)21-8-7-20-19-6-5-10-29(19,24(33)35)12-13-30(20)18-31(21,30)14-15-32(27)17-28(22,32)4/h19-22H,5-18H2,1-4H3,(H2,33,35)(H,36,37)/t19?,20?,21?,22?,27-,28?,29+,30+,31?,32+/m1/s1. The Hall–Kier alpha value is -1.59. The molecule has 6 heteroatoms. The van der Waals surface area contributed by atoms with Gasteiger partial charge in [-0.25, -0.2) is 0 Å². The Morgan fingerprint density at radius 3 is 2.32 bits per heavy atom. The molecular weight excluding hydrogens is 478 g/mol. The van der Waals surface area contributed by atoms with E-state index < -0.39 is 11.4 Å². The van der Waals surface area contributed by atoms with E-state index in [4.69, 9.17) is 10.5 Å². The normalized spacial score (nSPS) is 53.7. The maximum atomic E-state index is 12.9. The molecule has 7 fully saturated rings. The lowest BCUT2D eigenvalue weighted by atomic mass is 9.41. The van der Waals surface area contributed by atoms with Gasteiger partial charge in [-0.3, -0.25) is 14.4 Å². The van der Waals surface area contributed by atoms with Crippen LogP contribution in [-0.4, -0.2) is 29.1 Å². The van der Waals surface area contributed by atoms with E-state index in [2.05, 4.69) is 13.8 Å². The van der Waals surface area contributed by atoms with E-state index in [0.717, 1.165) is 38.0 Å². The minimum absolute atomic E-state index is 0.00266. The first-order valence-corrected chi connectivity index (χ1v) is 15.5. The zero-order chi connectivity index (χ0) is 27.1. The molecule has 3 spiro atoms. The SMILES string of the molecule is CC(C)(CC(=O)OC1CC[C@]2(C)C3CCC4C5CCC[C@]5(C(N)=O)CC[C@]45CC35CC[C@]23CC13C)C(=O)O. The number of amides is 1. The zero-order valence-electron chi connectivity index (χ0n) is 23.9. The second-order valence-electron chi connectivity index (χ2n) is 16.2. The van der Waals surface area contributed by atoms with Crippen LogP contribution in [0.15, 0.2) is 0 Å². The van der Waals surface area contributed by atoms with Gasteiger partial charge in [-0.15, -0.1) is 0 Å². The number of primary amides is 1. The molecule has 0 radical (unpaired) electrons. The van der Waals surface area contributed by atoms with Crippen molar-refractivity contribution in [2.45, 2.75) is 124 Å². The Balaban J connectivity index is 1.13. The number of rotatable bonds is 5. The van der Waals surface area contributed by atoms with E-state index in [1.165, 1.54) is 51.4 Å². The summed E-state index contributed by atoms with van der Waals surface area (Å²) in [5, 5.41) is 9.47. The first-order valence-electron chi connectivity index (χ1n) is 15.5. The molecule has 7 rings (SSSR count). The number of nitrogens with two attached hydrogens (primary N) is 1. The van der Waals surface area contributed by atoms with Crippen molar-refractivity contribution >= 4 is 17.8 Å². The summed E-state index contributed by atoms with van der Waals surface area (Å²) in [5.41, 5.74) is 6.15. The van der Waals surface area contributed by atoms with Crippen LogP contribution in [0.5, 0.6) is 0 Å². The molecule has 0 aromatic heterocycles. The van der Waals surface area contributed by atoms with Crippen molar-refractivity contribution < 1.29 is 24.2 Å². The predicted molar refractivity (Wildman–Crippen MR) is 142 cm³/mol. The zero-order valence-corrected chi connectivity index (χ0v) is 23.9. The highest BCUT2D eigenvalue weighted by molar-refractivity contribution is 5.82. The van der Waals surface area contributed by atoms with E-state index in [1.54, 1.807) is 13.8 Å². The fourth-order valence-corrected chi connectivity index (χ4v) is 13.1. The summed E-state index contributed by atoms with van der Waals surface area (Å²) in [6, 6.07) is 0. The highest BCUT2D eigenvalue weighted by atomic mass is 16.5. The Morgan fingerprint density at radius 1 is 0.868 bits per heavy atom. The maximum Gasteiger partial charge on any atom is 0.309 e. The Morgan fingerprint density at radius 2 is 1.61 bits per heavy atom. The fraction of sp³-hybridized carbons (Fsp3) is 0.906. The lowest BCUT2D eigenvalue weighted by Gasteiger charge is -2.63. The number of carbonyl (C=O) groups is 3. The molecule has 0 saturated heterocycles. The molecule has 10 atom stereocenters. The van der Waals surface area contributed by atoms with E-state index in [9.17, 15) is 19.5 Å². The monoisotopic (exact) mass is 525 g/mol. The van der Waals surface area contributed by atoms with Gasteiger partial charge >= 0.3 is 11.9 Å². The van der Waals surface area contributed by atoms with Gasteiger partial charge < -0.3 is 15.6 Å². The van der Waals surface area contributed by atoms with Crippen molar-refractivity contribution in [1.29, 1.82) is 0 Å². The van der Waals surface area contributed by atoms with Crippen molar-refractivity contribution in [3.05, 3.63) is 0 Å². The smallest absolute Gasteiger partial charge is 0.309 e. The van der Waals surface area contributed by atoms with Crippen LogP contribution in [0.3, 0.4) is 0 Å². The summed E-state index contributed by atoms with van der Waals surface area (Å²) in [6.07, 6.45) is 15.0.